The summed E-state index contributed by atoms with van der Waals surface area (Å²) in [5.74, 6) is 0.393. The van der Waals surface area contributed by atoms with Crippen LogP contribution in [-0.2, 0) is 9.53 Å². The largest absolute Gasteiger partial charge is 0.469 e. The van der Waals surface area contributed by atoms with Crippen molar-refractivity contribution in [3.63, 3.8) is 0 Å². The van der Waals surface area contributed by atoms with Crippen LogP contribution < -0.4 is 0 Å². The van der Waals surface area contributed by atoms with Gasteiger partial charge in [0.25, 0.3) is 0 Å². The van der Waals surface area contributed by atoms with Crippen molar-refractivity contribution in [3.8, 4) is 0 Å². The van der Waals surface area contributed by atoms with Gasteiger partial charge in [-0.25, -0.2) is 4.98 Å². The maximum absolute atomic E-state index is 11.2. The van der Waals surface area contributed by atoms with Gasteiger partial charge in [-0.2, -0.15) is 0 Å². The van der Waals surface area contributed by atoms with Crippen LogP contribution in [0.15, 0.2) is 21.8 Å². The van der Waals surface area contributed by atoms with Gasteiger partial charge in [-0.15, -0.1) is 11.8 Å². The van der Waals surface area contributed by atoms with Crippen LogP contribution in [0.2, 0.25) is 0 Å². The molecule has 1 rings (SSSR count). The van der Waals surface area contributed by atoms with E-state index in [9.17, 15) is 4.79 Å². The molecule has 0 bridgehead atoms. The third-order valence-electron chi connectivity index (χ3n) is 2.07. The Bertz CT molecular complexity index is 384. The van der Waals surface area contributed by atoms with E-state index < -0.39 is 0 Å². The first-order valence-electron chi connectivity index (χ1n) is 4.87. The van der Waals surface area contributed by atoms with Crippen LogP contribution in [0.1, 0.15) is 12.5 Å². The van der Waals surface area contributed by atoms with Crippen molar-refractivity contribution < 1.29 is 9.53 Å². The van der Waals surface area contributed by atoms with Crippen molar-refractivity contribution in [2.75, 3.05) is 12.9 Å². The molecule has 0 saturated heterocycles. The Labute approximate surface area is 108 Å². The summed E-state index contributed by atoms with van der Waals surface area (Å²) in [5, 5.41) is 0.957. The molecule has 0 aliphatic rings. The maximum Gasteiger partial charge on any atom is 0.309 e. The number of hydrogen-bond acceptors (Lipinski definition) is 4. The Balaban J connectivity index is 2.58. The predicted molar refractivity (Wildman–Crippen MR) is 68.6 cm³/mol. The van der Waals surface area contributed by atoms with E-state index in [1.807, 2.05) is 19.9 Å². The number of esters is 1. The van der Waals surface area contributed by atoms with E-state index in [4.69, 9.17) is 0 Å². The first-order chi connectivity index (χ1) is 7.54. The van der Waals surface area contributed by atoms with Crippen molar-refractivity contribution in [1.82, 2.24) is 4.98 Å². The number of carbonyl (C=O) groups is 1. The predicted octanol–water partition coefficient (Wildman–Crippen LogP) is 3.05. The average Bonchev–Trinajstić information content (AvgIpc) is 2.26. The number of thioether (sulfide) groups is 1. The number of rotatable bonds is 4. The van der Waals surface area contributed by atoms with E-state index in [1.165, 1.54) is 7.11 Å². The van der Waals surface area contributed by atoms with Gasteiger partial charge >= 0.3 is 5.97 Å². The van der Waals surface area contributed by atoms with Crippen LogP contribution >= 0.6 is 27.7 Å². The van der Waals surface area contributed by atoms with Gasteiger partial charge in [0, 0.05) is 16.4 Å². The van der Waals surface area contributed by atoms with Gasteiger partial charge in [0.15, 0.2) is 0 Å². The molecule has 1 aromatic rings. The summed E-state index contributed by atoms with van der Waals surface area (Å²) in [5.41, 5.74) is 1.11. The molecule has 1 heterocycles. The number of carbonyl (C=O) groups excluding carboxylic acids is 1. The zero-order valence-corrected chi connectivity index (χ0v) is 11.9. The number of hydrogen-bond donors (Lipinski definition) is 0. The lowest BCUT2D eigenvalue weighted by molar-refractivity contribution is -0.143. The van der Waals surface area contributed by atoms with E-state index in [0.29, 0.717) is 5.75 Å². The molecule has 1 unspecified atom stereocenters. The van der Waals surface area contributed by atoms with Crippen LogP contribution in [0.3, 0.4) is 0 Å². The second-order valence-electron chi connectivity index (χ2n) is 3.51. The zero-order chi connectivity index (χ0) is 12.1. The monoisotopic (exact) mass is 303 g/mol. The van der Waals surface area contributed by atoms with Gasteiger partial charge in [0.1, 0.15) is 0 Å². The first-order valence-corrected chi connectivity index (χ1v) is 6.65. The number of pyridine rings is 1. The van der Waals surface area contributed by atoms with E-state index >= 15 is 0 Å². The Morgan fingerprint density at radius 3 is 2.94 bits per heavy atom. The summed E-state index contributed by atoms with van der Waals surface area (Å²) in [6.07, 6.45) is 1.76. The van der Waals surface area contributed by atoms with E-state index in [-0.39, 0.29) is 11.9 Å². The molecule has 0 radical (unpaired) electrons. The molecule has 0 spiro atoms. The number of nitrogens with zero attached hydrogens (tertiary/aromatic N) is 1. The molecule has 0 aromatic carbocycles. The number of methoxy groups -OCH3 is 1. The van der Waals surface area contributed by atoms with Crippen LogP contribution in [0.4, 0.5) is 0 Å². The average molecular weight is 304 g/mol. The lowest BCUT2D eigenvalue weighted by Gasteiger charge is -2.09. The third kappa shape index (κ3) is 3.79. The molecule has 88 valence electrons. The topological polar surface area (TPSA) is 39.2 Å². The minimum Gasteiger partial charge on any atom is -0.469 e. The number of aryl methyl sites for hydroxylation is 1. The van der Waals surface area contributed by atoms with Gasteiger partial charge in [0.05, 0.1) is 18.1 Å². The summed E-state index contributed by atoms with van der Waals surface area (Å²) < 4.78 is 5.64. The normalized spacial score (nSPS) is 12.2. The lowest BCUT2D eigenvalue weighted by atomic mass is 10.2. The summed E-state index contributed by atoms with van der Waals surface area (Å²) in [7, 11) is 1.41. The Hall–Kier alpha value is -0.550. The van der Waals surface area contributed by atoms with E-state index in [2.05, 4.69) is 25.7 Å². The summed E-state index contributed by atoms with van der Waals surface area (Å²) in [6.45, 7) is 3.86. The van der Waals surface area contributed by atoms with Crippen LogP contribution in [0.5, 0.6) is 0 Å². The molecule has 0 saturated carbocycles. The van der Waals surface area contributed by atoms with Crippen molar-refractivity contribution in [3.05, 3.63) is 22.3 Å². The van der Waals surface area contributed by atoms with Crippen LogP contribution in [-0.4, -0.2) is 23.8 Å². The molecule has 0 aliphatic heterocycles. The van der Waals surface area contributed by atoms with Crippen molar-refractivity contribution in [1.29, 1.82) is 0 Å². The minimum absolute atomic E-state index is 0.111. The molecule has 3 nitrogen and oxygen atoms in total. The summed E-state index contributed by atoms with van der Waals surface area (Å²) in [6, 6.07) is 2.01. The highest BCUT2D eigenvalue weighted by molar-refractivity contribution is 9.10. The highest BCUT2D eigenvalue weighted by Crippen LogP contribution is 2.24. The van der Waals surface area contributed by atoms with Gasteiger partial charge in [-0.1, -0.05) is 6.92 Å². The second kappa shape index (κ2) is 6.25. The van der Waals surface area contributed by atoms with Gasteiger partial charge in [-0.05, 0) is 34.5 Å². The lowest BCUT2D eigenvalue weighted by Crippen LogP contribution is -2.14. The SMILES string of the molecule is COC(=O)C(C)CSc1ncc(Br)cc1C. The number of ether oxygens (including phenoxy) is 1. The molecule has 5 heteroatoms. The van der Waals surface area contributed by atoms with Gasteiger partial charge < -0.3 is 4.74 Å². The van der Waals surface area contributed by atoms with Crippen LogP contribution in [0.25, 0.3) is 0 Å². The van der Waals surface area contributed by atoms with Crippen LogP contribution in [0, 0.1) is 12.8 Å². The highest BCUT2D eigenvalue weighted by atomic mass is 79.9. The Morgan fingerprint density at radius 1 is 1.69 bits per heavy atom. The number of aromatic nitrogens is 1. The molecule has 0 aliphatic carbocycles. The first kappa shape index (κ1) is 13.5. The zero-order valence-electron chi connectivity index (χ0n) is 9.49. The third-order valence-corrected chi connectivity index (χ3v) is 3.87. The summed E-state index contributed by atoms with van der Waals surface area (Å²) >= 11 is 4.94. The molecule has 0 N–H and O–H groups in total. The fraction of sp³-hybridized carbons (Fsp3) is 0.455. The molecule has 1 atom stereocenters. The Morgan fingerprint density at radius 2 is 2.38 bits per heavy atom. The molecular formula is C11H14BrNO2S. The summed E-state index contributed by atoms with van der Waals surface area (Å²) in [4.78, 5) is 15.5. The molecule has 16 heavy (non-hydrogen) atoms. The van der Waals surface area contributed by atoms with Crippen molar-refractivity contribution in [2.24, 2.45) is 5.92 Å². The molecule has 1 aromatic heterocycles. The highest BCUT2D eigenvalue weighted by Gasteiger charge is 2.14. The number of halogens is 1. The fourth-order valence-electron chi connectivity index (χ4n) is 1.15. The Kier molecular flexibility index (Phi) is 5.28. The van der Waals surface area contributed by atoms with Crippen molar-refractivity contribution >= 4 is 33.7 Å². The molecular weight excluding hydrogens is 290 g/mol. The molecule has 0 amide bonds. The maximum atomic E-state index is 11.2. The fourth-order valence-corrected chi connectivity index (χ4v) is 2.56. The second-order valence-corrected chi connectivity index (χ2v) is 5.44. The quantitative estimate of drug-likeness (QED) is 0.633. The van der Waals surface area contributed by atoms with E-state index in [0.717, 1.165) is 15.1 Å². The standard InChI is InChI=1S/C11H14BrNO2S/c1-7-4-9(12)5-13-10(7)16-6-8(2)11(14)15-3/h4-5,8H,6H2,1-3H3. The van der Waals surface area contributed by atoms with Crippen molar-refractivity contribution in [2.45, 2.75) is 18.9 Å². The van der Waals surface area contributed by atoms with Gasteiger partial charge in [0.2, 0.25) is 0 Å². The molecule has 0 fully saturated rings. The smallest absolute Gasteiger partial charge is 0.309 e. The van der Waals surface area contributed by atoms with Gasteiger partial charge in [-0.3, -0.25) is 4.79 Å². The van der Waals surface area contributed by atoms with E-state index in [1.54, 1.807) is 18.0 Å². The minimum atomic E-state index is -0.178.